The van der Waals surface area contributed by atoms with E-state index in [-0.39, 0.29) is 0 Å². The van der Waals surface area contributed by atoms with Gasteiger partial charge in [0.1, 0.15) is 0 Å². The molecule has 0 radical (unpaired) electrons. The monoisotopic (exact) mass is 202 g/mol. The summed E-state index contributed by atoms with van der Waals surface area (Å²) < 4.78 is 0. The molecule has 1 aromatic carbocycles. The van der Waals surface area contributed by atoms with Crippen molar-refractivity contribution in [1.29, 1.82) is 0 Å². The maximum atomic E-state index is 3.46. The molecule has 1 fully saturated rings. The molecule has 0 aromatic heterocycles. The Morgan fingerprint density at radius 2 is 2.20 bits per heavy atom. The summed E-state index contributed by atoms with van der Waals surface area (Å²) in [6.45, 7) is 3.55. The normalized spacial score (nSPS) is 20.3. The molecule has 15 heavy (non-hydrogen) atoms. The number of fused-ring (bicyclic) bond motifs is 1. The third kappa shape index (κ3) is 1.86. The maximum Gasteiger partial charge on any atom is 0.0372 e. The zero-order valence-electron chi connectivity index (χ0n) is 9.05. The van der Waals surface area contributed by atoms with Crippen molar-refractivity contribution < 1.29 is 0 Å². The van der Waals surface area contributed by atoms with Gasteiger partial charge < -0.3 is 10.6 Å². The Hall–Kier alpha value is -1.02. The van der Waals surface area contributed by atoms with E-state index in [0.717, 1.165) is 12.5 Å². The van der Waals surface area contributed by atoms with Crippen LogP contribution in [0.4, 0.5) is 5.69 Å². The zero-order valence-corrected chi connectivity index (χ0v) is 9.05. The first-order valence-corrected chi connectivity index (χ1v) is 5.98. The van der Waals surface area contributed by atoms with E-state index in [1.54, 1.807) is 0 Å². The molecular weight excluding hydrogens is 184 g/mol. The molecule has 0 atom stereocenters. The van der Waals surface area contributed by atoms with Crippen LogP contribution < -0.4 is 10.6 Å². The van der Waals surface area contributed by atoms with Gasteiger partial charge >= 0.3 is 0 Å². The van der Waals surface area contributed by atoms with Gasteiger partial charge in [-0.3, -0.25) is 0 Å². The quantitative estimate of drug-likeness (QED) is 0.764. The first-order valence-electron chi connectivity index (χ1n) is 5.98. The zero-order chi connectivity index (χ0) is 10.1. The van der Waals surface area contributed by atoms with Gasteiger partial charge in [-0.1, -0.05) is 12.1 Å². The second-order valence-corrected chi connectivity index (χ2v) is 4.75. The Morgan fingerprint density at radius 1 is 1.27 bits per heavy atom. The highest BCUT2D eigenvalue weighted by Gasteiger charge is 2.17. The molecule has 2 aliphatic rings. The van der Waals surface area contributed by atoms with Crippen molar-refractivity contribution in [2.24, 2.45) is 5.92 Å². The molecule has 3 rings (SSSR count). The highest BCUT2D eigenvalue weighted by atomic mass is 14.9. The van der Waals surface area contributed by atoms with Gasteiger partial charge in [-0.25, -0.2) is 0 Å². The predicted molar refractivity (Wildman–Crippen MR) is 63.3 cm³/mol. The van der Waals surface area contributed by atoms with Gasteiger partial charge in [0.05, 0.1) is 0 Å². The summed E-state index contributed by atoms with van der Waals surface area (Å²) in [5, 5.41) is 6.79. The fourth-order valence-corrected chi connectivity index (χ4v) is 2.48. The van der Waals surface area contributed by atoms with Crippen LogP contribution in [-0.2, 0) is 12.8 Å². The van der Waals surface area contributed by atoms with Crippen molar-refractivity contribution in [3.63, 3.8) is 0 Å². The average Bonchev–Trinajstić information content (AvgIpc) is 2.23. The molecule has 0 saturated carbocycles. The molecular formula is C13H18N2. The number of hydrogen-bond donors (Lipinski definition) is 2. The van der Waals surface area contributed by atoms with Crippen LogP contribution in [0, 0.1) is 5.92 Å². The van der Waals surface area contributed by atoms with Crippen molar-refractivity contribution in [3.8, 4) is 0 Å². The predicted octanol–water partition coefficient (Wildman–Crippen LogP) is 1.81. The molecule has 2 heteroatoms. The summed E-state index contributed by atoms with van der Waals surface area (Å²) in [5.74, 6) is 0.875. The Kier molecular flexibility index (Phi) is 2.37. The fourth-order valence-electron chi connectivity index (χ4n) is 2.48. The molecule has 2 N–H and O–H groups in total. The second-order valence-electron chi connectivity index (χ2n) is 4.75. The van der Waals surface area contributed by atoms with E-state index in [1.807, 2.05) is 0 Å². The van der Waals surface area contributed by atoms with Gasteiger partial charge in [-0.2, -0.15) is 0 Å². The molecule has 2 nitrogen and oxygen atoms in total. The van der Waals surface area contributed by atoms with E-state index in [0.29, 0.717) is 0 Å². The van der Waals surface area contributed by atoms with Gasteiger partial charge in [-0.15, -0.1) is 0 Å². The molecule has 0 spiro atoms. The molecule has 0 unspecified atom stereocenters. The van der Waals surface area contributed by atoms with E-state index >= 15 is 0 Å². The fraction of sp³-hybridized carbons (Fsp3) is 0.538. The Labute approximate surface area is 91.1 Å². The summed E-state index contributed by atoms with van der Waals surface area (Å²) in [5.41, 5.74) is 4.40. The van der Waals surface area contributed by atoms with Crippen LogP contribution in [0.2, 0.25) is 0 Å². The molecule has 1 saturated heterocycles. The highest BCUT2D eigenvalue weighted by Crippen LogP contribution is 2.24. The lowest BCUT2D eigenvalue weighted by Crippen LogP contribution is -2.43. The lowest BCUT2D eigenvalue weighted by molar-refractivity contribution is 0.346. The minimum Gasteiger partial charge on any atom is -0.385 e. The molecule has 2 aliphatic heterocycles. The number of anilines is 1. The number of benzene rings is 1. The maximum absolute atomic E-state index is 3.46. The summed E-state index contributed by atoms with van der Waals surface area (Å²) in [7, 11) is 0. The van der Waals surface area contributed by atoms with E-state index in [2.05, 4.69) is 28.8 Å². The minimum atomic E-state index is 0.875. The standard InChI is InChI=1S/C13H18N2/c1-2-12-7-10(6-11-8-14-9-11)3-4-13(12)15-5-1/h3-4,7,11,14-15H,1-2,5-6,8-9H2. The molecule has 0 bridgehead atoms. The van der Waals surface area contributed by atoms with E-state index < -0.39 is 0 Å². The van der Waals surface area contributed by atoms with E-state index in [4.69, 9.17) is 0 Å². The first kappa shape index (κ1) is 9.22. The Morgan fingerprint density at radius 3 is 3.00 bits per heavy atom. The molecule has 0 amide bonds. The van der Waals surface area contributed by atoms with Crippen LogP contribution >= 0.6 is 0 Å². The van der Waals surface area contributed by atoms with Crippen molar-refractivity contribution in [3.05, 3.63) is 29.3 Å². The number of rotatable bonds is 2. The third-order valence-electron chi connectivity index (χ3n) is 3.50. The average molecular weight is 202 g/mol. The Bertz CT molecular complexity index is 356. The van der Waals surface area contributed by atoms with Crippen molar-refractivity contribution in [2.75, 3.05) is 25.0 Å². The number of aryl methyl sites for hydroxylation is 1. The van der Waals surface area contributed by atoms with Crippen LogP contribution in [-0.4, -0.2) is 19.6 Å². The third-order valence-corrected chi connectivity index (χ3v) is 3.50. The van der Waals surface area contributed by atoms with Gasteiger partial charge in [0.2, 0.25) is 0 Å². The topological polar surface area (TPSA) is 24.1 Å². The van der Waals surface area contributed by atoms with Gasteiger partial charge in [0.25, 0.3) is 0 Å². The number of nitrogens with one attached hydrogen (secondary N) is 2. The minimum absolute atomic E-state index is 0.875. The van der Waals surface area contributed by atoms with Crippen LogP contribution in [0.15, 0.2) is 18.2 Å². The SMILES string of the molecule is c1cc2c(cc1CC1CNC1)CCCN2. The smallest absolute Gasteiger partial charge is 0.0372 e. The van der Waals surface area contributed by atoms with Gasteiger partial charge in [0.15, 0.2) is 0 Å². The first-order chi connectivity index (χ1) is 7.42. The van der Waals surface area contributed by atoms with E-state index in [9.17, 15) is 0 Å². The summed E-state index contributed by atoms with van der Waals surface area (Å²) in [6, 6.07) is 6.95. The van der Waals surface area contributed by atoms with Crippen LogP contribution in [0.3, 0.4) is 0 Å². The highest BCUT2D eigenvalue weighted by molar-refractivity contribution is 5.54. The molecule has 80 valence electrons. The second kappa shape index (κ2) is 3.86. The van der Waals surface area contributed by atoms with Crippen molar-refractivity contribution in [1.82, 2.24) is 5.32 Å². The summed E-state index contributed by atoms with van der Waals surface area (Å²) >= 11 is 0. The van der Waals surface area contributed by atoms with E-state index in [1.165, 1.54) is 49.2 Å². The lowest BCUT2D eigenvalue weighted by Gasteiger charge is -2.27. The number of hydrogen-bond acceptors (Lipinski definition) is 2. The van der Waals surface area contributed by atoms with Gasteiger partial charge in [-0.05, 0) is 55.5 Å². The summed E-state index contributed by atoms with van der Waals surface area (Å²) in [4.78, 5) is 0. The molecule has 0 aliphatic carbocycles. The van der Waals surface area contributed by atoms with Crippen LogP contribution in [0.25, 0.3) is 0 Å². The lowest BCUT2D eigenvalue weighted by atomic mass is 9.92. The Balaban J connectivity index is 1.77. The van der Waals surface area contributed by atoms with Crippen LogP contribution in [0.5, 0.6) is 0 Å². The summed E-state index contributed by atoms with van der Waals surface area (Å²) in [6.07, 6.45) is 3.78. The van der Waals surface area contributed by atoms with Crippen molar-refractivity contribution in [2.45, 2.75) is 19.3 Å². The van der Waals surface area contributed by atoms with Gasteiger partial charge in [0, 0.05) is 12.2 Å². The molecule has 2 heterocycles. The van der Waals surface area contributed by atoms with Crippen LogP contribution in [0.1, 0.15) is 17.5 Å². The molecule has 1 aromatic rings. The van der Waals surface area contributed by atoms with Crippen molar-refractivity contribution >= 4 is 5.69 Å². The largest absolute Gasteiger partial charge is 0.385 e.